The molecule has 1 aliphatic carbocycles. The van der Waals surface area contributed by atoms with Gasteiger partial charge in [-0.1, -0.05) is 34.1 Å². The smallest absolute Gasteiger partial charge is 0.209 e. The molecule has 0 N–H and O–H groups in total. The number of halogens is 1. The van der Waals surface area contributed by atoms with Gasteiger partial charge in [-0.2, -0.15) is 0 Å². The Kier molecular flexibility index (Phi) is 6.46. The van der Waals surface area contributed by atoms with Gasteiger partial charge in [-0.05, 0) is 25.8 Å². The monoisotopic (exact) mass is 368 g/mol. The number of hydrogen-bond donors (Lipinski definition) is 0. The summed E-state index contributed by atoms with van der Waals surface area (Å²) in [7, 11) is 1.59. The Hall–Kier alpha value is -1.33. The summed E-state index contributed by atoms with van der Waals surface area (Å²) in [6.45, 7) is 2.46. The van der Waals surface area contributed by atoms with Crippen molar-refractivity contribution in [1.82, 2.24) is 0 Å². The average molecular weight is 369 g/mol. The lowest BCUT2D eigenvalue weighted by atomic mass is 9.92. The number of allylic oxidation sites excluding steroid dienone is 2. The molecule has 0 fully saturated rings. The highest BCUT2D eigenvalue weighted by molar-refractivity contribution is 9.09. The molecule has 1 aliphatic rings. The van der Waals surface area contributed by atoms with E-state index in [0.717, 1.165) is 18.4 Å². The van der Waals surface area contributed by atoms with Crippen LogP contribution in [0.4, 0.5) is 0 Å². The average Bonchev–Trinajstić information content (AvgIpc) is 2.55. The Morgan fingerprint density at radius 3 is 2.82 bits per heavy atom. The van der Waals surface area contributed by atoms with E-state index in [1.807, 2.05) is 31.2 Å². The van der Waals surface area contributed by atoms with Gasteiger partial charge in [-0.3, -0.25) is 4.79 Å². The number of ether oxygens (including phenoxy) is 3. The summed E-state index contributed by atoms with van der Waals surface area (Å²) in [4.78, 5) is 12.2. The van der Waals surface area contributed by atoms with Crippen LogP contribution in [-0.4, -0.2) is 31.1 Å². The molecule has 0 aromatic heterocycles. The van der Waals surface area contributed by atoms with Crippen LogP contribution in [0.15, 0.2) is 24.3 Å². The molecule has 0 saturated carbocycles. The molecule has 22 heavy (non-hydrogen) atoms. The van der Waals surface area contributed by atoms with Gasteiger partial charge in [0.25, 0.3) is 0 Å². The summed E-state index contributed by atoms with van der Waals surface area (Å²) in [5.41, 5.74) is 1.49. The molecule has 0 saturated heterocycles. The molecule has 0 aliphatic heterocycles. The first-order valence-electron chi connectivity index (χ1n) is 7.46. The molecule has 4 nitrogen and oxygen atoms in total. The largest absolute Gasteiger partial charge is 0.493 e. The Morgan fingerprint density at radius 1 is 1.36 bits per heavy atom. The van der Waals surface area contributed by atoms with Crippen LogP contribution in [-0.2, 0) is 9.53 Å². The quantitative estimate of drug-likeness (QED) is 0.539. The van der Waals surface area contributed by atoms with E-state index in [-0.39, 0.29) is 5.78 Å². The molecule has 0 radical (unpaired) electrons. The predicted molar refractivity (Wildman–Crippen MR) is 89.7 cm³/mol. The van der Waals surface area contributed by atoms with E-state index in [1.54, 1.807) is 7.11 Å². The van der Waals surface area contributed by atoms with Crippen LogP contribution in [0, 0.1) is 0 Å². The summed E-state index contributed by atoms with van der Waals surface area (Å²) < 4.78 is 16.9. The van der Waals surface area contributed by atoms with E-state index < -0.39 is 6.29 Å². The number of alkyl halides is 1. The number of benzene rings is 1. The SMILES string of the molecule is CCOC(CBr)Oc1c(OC)cccc1C1=CCCCC1=O. The second kappa shape index (κ2) is 8.34. The Morgan fingerprint density at radius 2 is 2.18 bits per heavy atom. The Balaban J connectivity index is 2.41. The first kappa shape index (κ1) is 17.0. The van der Waals surface area contributed by atoms with Crippen molar-refractivity contribution in [2.24, 2.45) is 0 Å². The minimum atomic E-state index is -0.431. The van der Waals surface area contributed by atoms with Crippen molar-refractivity contribution >= 4 is 27.3 Å². The lowest BCUT2D eigenvalue weighted by Crippen LogP contribution is -2.23. The van der Waals surface area contributed by atoms with E-state index in [4.69, 9.17) is 14.2 Å². The van der Waals surface area contributed by atoms with Gasteiger partial charge in [0, 0.05) is 24.2 Å². The third-order valence-corrected chi connectivity index (χ3v) is 4.00. The van der Waals surface area contributed by atoms with E-state index in [0.29, 0.717) is 35.4 Å². The van der Waals surface area contributed by atoms with Crippen LogP contribution in [0.5, 0.6) is 11.5 Å². The van der Waals surface area contributed by atoms with Crippen LogP contribution in [0.2, 0.25) is 0 Å². The van der Waals surface area contributed by atoms with Crippen LogP contribution >= 0.6 is 15.9 Å². The van der Waals surface area contributed by atoms with Gasteiger partial charge in [0.15, 0.2) is 17.3 Å². The van der Waals surface area contributed by atoms with Gasteiger partial charge in [-0.25, -0.2) is 0 Å². The number of ketones is 1. The first-order valence-corrected chi connectivity index (χ1v) is 8.58. The van der Waals surface area contributed by atoms with Crippen LogP contribution in [0.1, 0.15) is 31.7 Å². The fourth-order valence-electron chi connectivity index (χ4n) is 2.46. The third kappa shape index (κ3) is 3.90. The van der Waals surface area contributed by atoms with Gasteiger partial charge >= 0.3 is 0 Å². The maximum atomic E-state index is 12.2. The molecule has 120 valence electrons. The third-order valence-electron chi connectivity index (χ3n) is 3.47. The second-order valence-electron chi connectivity index (χ2n) is 4.93. The highest BCUT2D eigenvalue weighted by Crippen LogP contribution is 2.38. The van der Waals surface area contributed by atoms with Crippen LogP contribution in [0.25, 0.3) is 5.57 Å². The van der Waals surface area contributed by atoms with Crippen molar-refractivity contribution < 1.29 is 19.0 Å². The first-order chi connectivity index (χ1) is 10.7. The Bertz CT molecular complexity index is 554. The van der Waals surface area contributed by atoms with Gasteiger partial charge in [0.2, 0.25) is 6.29 Å². The summed E-state index contributed by atoms with van der Waals surface area (Å²) in [5.74, 6) is 1.31. The molecule has 1 aromatic rings. The van der Waals surface area contributed by atoms with E-state index >= 15 is 0 Å². The number of para-hydroxylation sites is 1. The van der Waals surface area contributed by atoms with Gasteiger partial charge < -0.3 is 14.2 Å². The number of carbonyl (C=O) groups is 1. The molecule has 1 aromatic carbocycles. The van der Waals surface area contributed by atoms with E-state index in [2.05, 4.69) is 15.9 Å². The molecule has 5 heteroatoms. The maximum Gasteiger partial charge on any atom is 0.209 e. The van der Waals surface area contributed by atoms with Crippen molar-refractivity contribution in [3.63, 3.8) is 0 Å². The number of methoxy groups -OCH3 is 1. The fourth-order valence-corrected chi connectivity index (χ4v) is 2.77. The zero-order valence-corrected chi connectivity index (χ0v) is 14.5. The minimum absolute atomic E-state index is 0.149. The van der Waals surface area contributed by atoms with Crippen LogP contribution in [0.3, 0.4) is 0 Å². The Labute approximate surface area is 139 Å². The second-order valence-corrected chi connectivity index (χ2v) is 5.57. The molecule has 0 bridgehead atoms. The predicted octanol–water partition coefficient (Wildman–Crippen LogP) is 3.97. The van der Waals surface area contributed by atoms with Crippen molar-refractivity contribution in [2.75, 3.05) is 19.0 Å². The number of Topliss-reactive ketones (excluding diaryl/α,β-unsaturated/α-hetero) is 1. The zero-order chi connectivity index (χ0) is 15.9. The normalized spacial score (nSPS) is 16.1. The lowest BCUT2D eigenvalue weighted by molar-refractivity contribution is -0.114. The number of carbonyl (C=O) groups excluding carboxylic acids is 1. The van der Waals surface area contributed by atoms with Crippen molar-refractivity contribution in [2.45, 2.75) is 32.5 Å². The minimum Gasteiger partial charge on any atom is -0.493 e. The topological polar surface area (TPSA) is 44.8 Å². The molecular weight excluding hydrogens is 348 g/mol. The summed E-state index contributed by atoms with van der Waals surface area (Å²) in [6, 6.07) is 5.58. The summed E-state index contributed by atoms with van der Waals surface area (Å²) in [5, 5.41) is 0.533. The lowest BCUT2D eigenvalue weighted by Gasteiger charge is -2.22. The van der Waals surface area contributed by atoms with E-state index in [9.17, 15) is 4.79 Å². The fraction of sp³-hybridized carbons (Fsp3) is 0.471. The zero-order valence-electron chi connectivity index (χ0n) is 12.9. The number of rotatable bonds is 7. The number of hydrogen-bond acceptors (Lipinski definition) is 4. The van der Waals surface area contributed by atoms with E-state index in [1.165, 1.54) is 0 Å². The molecule has 0 spiro atoms. The standard InChI is InChI=1S/C17H21BrO4/c1-3-21-16(11-18)22-17-13(8-6-10-15(17)20-2)12-7-4-5-9-14(12)19/h6-8,10,16H,3-5,9,11H2,1-2H3. The van der Waals surface area contributed by atoms with Crippen LogP contribution < -0.4 is 9.47 Å². The van der Waals surface area contributed by atoms with Crippen molar-refractivity contribution in [1.29, 1.82) is 0 Å². The molecule has 1 unspecified atom stereocenters. The van der Waals surface area contributed by atoms with Gasteiger partial charge in [0.05, 0.1) is 12.4 Å². The molecule has 0 heterocycles. The highest BCUT2D eigenvalue weighted by Gasteiger charge is 2.23. The molecule has 0 amide bonds. The highest BCUT2D eigenvalue weighted by atomic mass is 79.9. The summed E-state index contributed by atoms with van der Waals surface area (Å²) in [6.07, 6.45) is 3.95. The molecule has 2 rings (SSSR count). The summed E-state index contributed by atoms with van der Waals surface area (Å²) >= 11 is 3.38. The maximum absolute atomic E-state index is 12.2. The van der Waals surface area contributed by atoms with Crippen molar-refractivity contribution in [3.05, 3.63) is 29.8 Å². The van der Waals surface area contributed by atoms with Crippen molar-refractivity contribution in [3.8, 4) is 11.5 Å². The molecule has 1 atom stereocenters. The van der Waals surface area contributed by atoms with Gasteiger partial charge in [0.1, 0.15) is 0 Å². The van der Waals surface area contributed by atoms with Gasteiger partial charge in [-0.15, -0.1) is 0 Å². The molecular formula is C17H21BrO4.